The van der Waals surface area contributed by atoms with Gasteiger partial charge in [-0.3, -0.25) is 0 Å². The largest absolute Gasteiger partial charge is 0.508 e. The molecule has 2 nitrogen and oxygen atoms in total. The number of benzene rings is 3. The van der Waals surface area contributed by atoms with E-state index in [2.05, 4.69) is 78.6 Å². The quantitative estimate of drug-likeness (QED) is 0.326. The molecule has 2 unspecified atom stereocenters. The molecule has 1 saturated carbocycles. The Morgan fingerprint density at radius 3 is 2.03 bits per heavy atom. The molecule has 1 N–H and O–H groups in total. The third kappa shape index (κ3) is 7.23. The molecule has 2 atom stereocenters. The minimum atomic E-state index is 0.161. The molecule has 36 heavy (non-hydrogen) atoms. The monoisotopic (exact) mass is 502 g/mol. The van der Waals surface area contributed by atoms with Crippen LogP contribution in [-0.2, 0) is 0 Å². The molecule has 1 fully saturated rings. The fraction of sp³-hybridized carbons (Fsp3) is 0.394. The topological polar surface area (TPSA) is 29.5 Å². The molecule has 0 aliphatic heterocycles. The Kier molecular flexibility index (Phi) is 10.6. The number of ether oxygens (including phenoxy) is 1. The van der Waals surface area contributed by atoms with Crippen LogP contribution in [0.15, 0.2) is 66.7 Å². The summed E-state index contributed by atoms with van der Waals surface area (Å²) < 4.78 is 6.45. The van der Waals surface area contributed by atoms with Crippen molar-refractivity contribution in [2.24, 2.45) is 11.8 Å². The molecule has 0 amide bonds. The predicted octanol–water partition coefficient (Wildman–Crippen LogP) is 9.27. The summed E-state index contributed by atoms with van der Waals surface area (Å²) in [6, 6.07) is 20.4. The maximum atomic E-state index is 9.56. The molecule has 0 bridgehead atoms. The second kappa shape index (κ2) is 13.7. The number of hydrogen-bond donors (Lipinski definition) is 1. The lowest BCUT2D eigenvalue weighted by molar-refractivity contribution is 0.219. The van der Waals surface area contributed by atoms with Crippen molar-refractivity contribution in [1.29, 1.82) is 0 Å². The van der Waals surface area contributed by atoms with E-state index in [1.165, 1.54) is 36.8 Å². The number of allylic oxidation sites excluding steroid dienone is 1. The molecular weight excluding hydrogens is 459 g/mol. The molecular formula is C33H43O2P. The van der Waals surface area contributed by atoms with Gasteiger partial charge in [0.05, 0.1) is 6.10 Å². The van der Waals surface area contributed by atoms with Crippen molar-refractivity contribution in [1.82, 2.24) is 0 Å². The fourth-order valence-corrected chi connectivity index (χ4v) is 5.13. The van der Waals surface area contributed by atoms with E-state index >= 15 is 0 Å². The van der Waals surface area contributed by atoms with E-state index in [0.29, 0.717) is 5.92 Å². The molecule has 1 aliphatic rings. The zero-order chi connectivity index (χ0) is 26.1. The molecule has 3 aromatic rings. The summed E-state index contributed by atoms with van der Waals surface area (Å²) in [5.74, 6) is 2.80. The van der Waals surface area contributed by atoms with Crippen LogP contribution < -0.4 is 10.0 Å². The van der Waals surface area contributed by atoms with Crippen molar-refractivity contribution in [3.05, 3.63) is 72.3 Å². The van der Waals surface area contributed by atoms with Gasteiger partial charge in [-0.1, -0.05) is 101 Å². The van der Waals surface area contributed by atoms with Gasteiger partial charge in [-0.25, -0.2) is 0 Å². The highest BCUT2D eigenvalue weighted by Gasteiger charge is 2.17. The summed E-state index contributed by atoms with van der Waals surface area (Å²) in [5.41, 5.74) is 5.72. The average Bonchev–Trinajstić information content (AvgIpc) is 2.91. The van der Waals surface area contributed by atoms with Crippen LogP contribution in [0.2, 0.25) is 0 Å². The minimum Gasteiger partial charge on any atom is -0.508 e. The van der Waals surface area contributed by atoms with Crippen LogP contribution >= 0.6 is 9.24 Å². The van der Waals surface area contributed by atoms with Crippen LogP contribution in [0, 0.1) is 11.8 Å². The van der Waals surface area contributed by atoms with E-state index < -0.39 is 0 Å². The number of aromatic hydroxyl groups is 1. The summed E-state index contributed by atoms with van der Waals surface area (Å²) in [5, 5.41) is 10.7. The highest BCUT2D eigenvalue weighted by atomic mass is 31.0. The highest BCUT2D eigenvalue weighted by molar-refractivity contribution is 7.28. The first-order chi connectivity index (χ1) is 17.4. The molecule has 3 aromatic carbocycles. The molecule has 0 radical (unpaired) electrons. The number of rotatable bonds is 7. The highest BCUT2D eigenvalue weighted by Crippen LogP contribution is 2.33. The van der Waals surface area contributed by atoms with Gasteiger partial charge in [-0.05, 0) is 72.4 Å². The summed E-state index contributed by atoms with van der Waals surface area (Å²) in [7, 11) is 2.94. The van der Waals surface area contributed by atoms with E-state index in [4.69, 9.17) is 4.74 Å². The lowest BCUT2D eigenvalue weighted by atomic mass is 9.83. The number of phenols is 1. The Balaban J connectivity index is 0.00000176. The van der Waals surface area contributed by atoms with Crippen molar-refractivity contribution in [2.75, 3.05) is 0 Å². The van der Waals surface area contributed by atoms with Gasteiger partial charge in [-0.15, -0.1) is 9.24 Å². The fourth-order valence-electron chi connectivity index (χ4n) is 4.63. The Bertz CT molecular complexity index is 1110. The van der Waals surface area contributed by atoms with Crippen LogP contribution in [0.1, 0.15) is 72.3 Å². The molecule has 0 aromatic heterocycles. The molecule has 1 aliphatic carbocycles. The van der Waals surface area contributed by atoms with E-state index in [0.717, 1.165) is 40.1 Å². The first-order valence-electron chi connectivity index (χ1n) is 13.6. The van der Waals surface area contributed by atoms with Crippen molar-refractivity contribution in [3.63, 3.8) is 0 Å². The Morgan fingerprint density at radius 2 is 1.44 bits per heavy atom. The van der Waals surface area contributed by atoms with Crippen LogP contribution in [-0.4, -0.2) is 11.2 Å². The SMILES string of the molecule is CC.CCC(C)Oc1c(/C=C/C2CCC(C)CC2)ccc(-c2ccc(-c3ccc(O)cc3)cc2)c1P. The van der Waals surface area contributed by atoms with Gasteiger partial charge in [0, 0.05) is 10.9 Å². The summed E-state index contributed by atoms with van der Waals surface area (Å²) in [6.45, 7) is 10.7. The van der Waals surface area contributed by atoms with Gasteiger partial charge in [-0.2, -0.15) is 0 Å². The average molecular weight is 503 g/mol. The molecule has 0 heterocycles. The summed E-state index contributed by atoms with van der Waals surface area (Å²) in [4.78, 5) is 0. The molecule has 0 saturated heterocycles. The van der Waals surface area contributed by atoms with Crippen molar-refractivity contribution >= 4 is 20.6 Å². The van der Waals surface area contributed by atoms with E-state index in [-0.39, 0.29) is 11.9 Å². The maximum Gasteiger partial charge on any atom is 0.134 e. The molecule has 0 spiro atoms. The van der Waals surface area contributed by atoms with Gasteiger partial charge in [0.1, 0.15) is 11.5 Å². The van der Waals surface area contributed by atoms with Crippen molar-refractivity contribution < 1.29 is 9.84 Å². The first-order valence-corrected chi connectivity index (χ1v) is 14.2. The standard InChI is InChI=1S/C31H37O2P.C2H6/c1-4-22(3)33-30-27(10-9-23-7-5-21(2)6-8-23)17-20-29(31(30)34)26-13-11-24(12-14-26)25-15-18-28(32)19-16-25;1-2/h9-23,32H,4-8,34H2,1-3H3;1-2H3/b10-9+;. The lowest BCUT2D eigenvalue weighted by Gasteiger charge is -2.24. The van der Waals surface area contributed by atoms with Crippen molar-refractivity contribution in [3.8, 4) is 33.8 Å². The zero-order valence-corrected chi connectivity index (χ0v) is 23.8. The lowest BCUT2D eigenvalue weighted by Crippen LogP contribution is -2.16. The van der Waals surface area contributed by atoms with Crippen LogP contribution in [0.4, 0.5) is 0 Å². The van der Waals surface area contributed by atoms with Gasteiger partial charge in [0.15, 0.2) is 0 Å². The third-order valence-electron chi connectivity index (χ3n) is 7.13. The van der Waals surface area contributed by atoms with Gasteiger partial charge in [0.2, 0.25) is 0 Å². The Hall–Kier alpha value is -2.57. The van der Waals surface area contributed by atoms with Crippen LogP contribution in [0.5, 0.6) is 11.5 Å². The molecule has 4 rings (SSSR count). The van der Waals surface area contributed by atoms with E-state index in [1.54, 1.807) is 12.1 Å². The summed E-state index contributed by atoms with van der Waals surface area (Å²) >= 11 is 0. The van der Waals surface area contributed by atoms with Crippen LogP contribution in [0.3, 0.4) is 0 Å². The maximum absolute atomic E-state index is 9.56. The Labute approximate surface area is 221 Å². The first kappa shape index (κ1) is 28.0. The summed E-state index contributed by atoms with van der Waals surface area (Å²) in [6.07, 6.45) is 11.1. The second-order valence-corrected chi connectivity index (χ2v) is 10.4. The Morgan fingerprint density at radius 1 is 0.889 bits per heavy atom. The van der Waals surface area contributed by atoms with Crippen LogP contribution in [0.25, 0.3) is 28.3 Å². The molecule has 3 heteroatoms. The normalized spacial score (nSPS) is 18.4. The van der Waals surface area contributed by atoms with Crippen molar-refractivity contribution in [2.45, 2.75) is 72.8 Å². The smallest absolute Gasteiger partial charge is 0.134 e. The van der Waals surface area contributed by atoms with Gasteiger partial charge < -0.3 is 9.84 Å². The number of phenolic OH excluding ortho intramolecular Hbond substituents is 1. The minimum absolute atomic E-state index is 0.161. The van der Waals surface area contributed by atoms with Gasteiger partial charge in [0.25, 0.3) is 0 Å². The van der Waals surface area contributed by atoms with E-state index in [1.807, 2.05) is 26.0 Å². The zero-order valence-electron chi connectivity index (χ0n) is 22.6. The number of hydrogen-bond acceptors (Lipinski definition) is 2. The second-order valence-electron chi connectivity index (χ2n) is 9.79. The predicted molar refractivity (Wildman–Crippen MR) is 160 cm³/mol. The third-order valence-corrected chi connectivity index (χ3v) is 7.70. The van der Waals surface area contributed by atoms with E-state index in [9.17, 15) is 5.11 Å². The van der Waals surface area contributed by atoms with Gasteiger partial charge >= 0.3 is 0 Å². The molecule has 192 valence electrons.